The molecule has 0 radical (unpaired) electrons. The largest absolute Gasteiger partial charge is 0.300 e. The van der Waals surface area contributed by atoms with Crippen molar-refractivity contribution in [2.45, 2.75) is 77.0 Å². The molecule has 2 aliphatic rings. The topological polar surface area (TPSA) is 17.1 Å². The van der Waals surface area contributed by atoms with Crippen LogP contribution in [0.5, 0.6) is 0 Å². The summed E-state index contributed by atoms with van der Waals surface area (Å²) in [4.78, 5) is 13.2. The highest BCUT2D eigenvalue weighted by Gasteiger charge is 2.33. The molecule has 0 N–H and O–H groups in total. The summed E-state index contributed by atoms with van der Waals surface area (Å²) in [5.74, 6) is 2.71. The smallest absolute Gasteiger partial charge is 0.134 e. The summed E-state index contributed by atoms with van der Waals surface area (Å²) in [6.07, 6.45) is 9.26. The molecule has 2 aliphatic carbocycles. The molecule has 2 fully saturated rings. The van der Waals surface area contributed by atoms with Crippen LogP contribution in [0.4, 0.5) is 0 Å². The Bertz CT molecular complexity index is 711. The maximum Gasteiger partial charge on any atom is 0.134 e. The minimum absolute atomic E-state index is 0.418. The first kappa shape index (κ1) is 19.4. The highest BCUT2D eigenvalue weighted by atomic mass is 16.1. The van der Waals surface area contributed by atoms with Crippen LogP contribution in [-0.2, 0) is 4.79 Å². The van der Waals surface area contributed by atoms with E-state index in [2.05, 4.69) is 62.4 Å². The second kappa shape index (κ2) is 8.64. The Morgan fingerprint density at radius 2 is 1.07 bits per heavy atom. The molecule has 4 rings (SSSR count). The summed E-state index contributed by atoms with van der Waals surface area (Å²) in [5, 5.41) is 0. The molecular formula is C27H34O. The highest BCUT2D eigenvalue weighted by molar-refractivity contribution is 5.80. The minimum Gasteiger partial charge on any atom is -0.300 e. The molecule has 2 aromatic rings. The Hall–Kier alpha value is -1.89. The fourth-order valence-electron chi connectivity index (χ4n) is 5.00. The van der Waals surface area contributed by atoms with Crippen LogP contribution in [0.15, 0.2) is 48.5 Å². The van der Waals surface area contributed by atoms with Crippen LogP contribution in [0.25, 0.3) is 0 Å². The van der Waals surface area contributed by atoms with Gasteiger partial charge < -0.3 is 0 Å². The van der Waals surface area contributed by atoms with Crippen molar-refractivity contribution in [1.29, 1.82) is 0 Å². The first-order chi connectivity index (χ1) is 13.6. The van der Waals surface area contributed by atoms with E-state index in [1.54, 1.807) is 0 Å². The van der Waals surface area contributed by atoms with Gasteiger partial charge in [0.2, 0.25) is 0 Å². The molecule has 1 heteroatoms. The standard InChI is InChI=1S/C27H34O/c1-19-9-13-23(14-10-19)26(21-5-3-6-21)17-25(28)18-27(22-7-4-8-22)24-15-11-20(2)12-16-24/h9-16,21-22,26-27H,3-8,17-18H2,1-2H3/t26-,27+. The van der Waals surface area contributed by atoms with Gasteiger partial charge in [0.05, 0.1) is 0 Å². The van der Waals surface area contributed by atoms with Crippen LogP contribution in [0.1, 0.15) is 85.5 Å². The molecule has 0 spiro atoms. The summed E-state index contributed by atoms with van der Waals surface area (Å²) in [5.41, 5.74) is 5.34. The van der Waals surface area contributed by atoms with Crippen molar-refractivity contribution < 1.29 is 4.79 Å². The number of ketones is 1. The Balaban J connectivity index is 1.48. The van der Waals surface area contributed by atoms with Crippen molar-refractivity contribution in [2.24, 2.45) is 11.8 Å². The second-order valence-electron chi connectivity index (χ2n) is 9.36. The van der Waals surface area contributed by atoms with Crippen LogP contribution in [0, 0.1) is 25.7 Å². The van der Waals surface area contributed by atoms with Crippen LogP contribution < -0.4 is 0 Å². The van der Waals surface area contributed by atoms with Crippen molar-refractivity contribution >= 4 is 5.78 Å². The monoisotopic (exact) mass is 374 g/mol. The molecule has 0 amide bonds. The number of aryl methyl sites for hydroxylation is 2. The maximum atomic E-state index is 13.2. The van der Waals surface area contributed by atoms with Crippen molar-refractivity contribution in [1.82, 2.24) is 0 Å². The number of carbonyl (C=O) groups excluding carboxylic acids is 1. The zero-order chi connectivity index (χ0) is 19.5. The Morgan fingerprint density at radius 3 is 1.36 bits per heavy atom. The van der Waals surface area contributed by atoms with Gasteiger partial charge in [-0.15, -0.1) is 0 Å². The van der Waals surface area contributed by atoms with Gasteiger partial charge in [0, 0.05) is 12.8 Å². The lowest BCUT2D eigenvalue weighted by molar-refractivity contribution is -0.120. The molecule has 2 saturated carbocycles. The number of carbonyl (C=O) groups is 1. The fourth-order valence-corrected chi connectivity index (χ4v) is 5.00. The van der Waals surface area contributed by atoms with Gasteiger partial charge in [-0.05, 0) is 74.3 Å². The van der Waals surface area contributed by atoms with Crippen LogP contribution in [0.2, 0.25) is 0 Å². The SMILES string of the molecule is Cc1ccc([C@@H](CC(=O)C[C@@H](c2ccc(C)cc2)C2CCC2)C2CCC2)cc1. The lowest BCUT2D eigenvalue weighted by Gasteiger charge is -2.36. The molecule has 0 bridgehead atoms. The normalized spacial score (nSPS) is 19.5. The van der Waals surface area contributed by atoms with Gasteiger partial charge in [-0.1, -0.05) is 72.5 Å². The highest BCUT2D eigenvalue weighted by Crippen LogP contribution is 2.44. The molecule has 2 aromatic carbocycles. The van der Waals surface area contributed by atoms with Crippen molar-refractivity contribution in [2.75, 3.05) is 0 Å². The van der Waals surface area contributed by atoms with Gasteiger partial charge >= 0.3 is 0 Å². The number of hydrogen-bond acceptors (Lipinski definition) is 1. The lowest BCUT2D eigenvalue weighted by Crippen LogP contribution is -2.26. The van der Waals surface area contributed by atoms with E-state index >= 15 is 0 Å². The van der Waals surface area contributed by atoms with E-state index in [1.165, 1.54) is 60.8 Å². The van der Waals surface area contributed by atoms with Crippen LogP contribution >= 0.6 is 0 Å². The molecule has 148 valence electrons. The zero-order valence-electron chi connectivity index (χ0n) is 17.5. The third-order valence-corrected chi connectivity index (χ3v) is 7.34. The van der Waals surface area contributed by atoms with Gasteiger partial charge in [0.25, 0.3) is 0 Å². The Labute approximate surface area is 170 Å². The molecule has 0 aromatic heterocycles. The Kier molecular flexibility index (Phi) is 5.99. The lowest BCUT2D eigenvalue weighted by atomic mass is 9.68. The van der Waals surface area contributed by atoms with Crippen LogP contribution in [-0.4, -0.2) is 5.78 Å². The van der Waals surface area contributed by atoms with E-state index in [4.69, 9.17) is 0 Å². The molecule has 0 aliphatic heterocycles. The van der Waals surface area contributed by atoms with Crippen LogP contribution in [0.3, 0.4) is 0 Å². The first-order valence-electron chi connectivity index (χ1n) is 11.2. The molecule has 0 unspecified atom stereocenters. The molecule has 28 heavy (non-hydrogen) atoms. The van der Waals surface area contributed by atoms with Gasteiger partial charge in [0.1, 0.15) is 5.78 Å². The van der Waals surface area contributed by atoms with E-state index in [9.17, 15) is 4.79 Å². The Morgan fingerprint density at radius 1 is 0.714 bits per heavy atom. The van der Waals surface area contributed by atoms with E-state index in [0.29, 0.717) is 29.5 Å². The third-order valence-electron chi connectivity index (χ3n) is 7.34. The molecule has 0 saturated heterocycles. The predicted molar refractivity (Wildman–Crippen MR) is 117 cm³/mol. The molecule has 1 nitrogen and oxygen atoms in total. The molecular weight excluding hydrogens is 340 g/mol. The van der Waals surface area contributed by atoms with Crippen molar-refractivity contribution in [3.8, 4) is 0 Å². The van der Waals surface area contributed by atoms with E-state index in [-0.39, 0.29) is 0 Å². The zero-order valence-corrected chi connectivity index (χ0v) is 17.5. The first-order valence-corrected chi connectivity index (χ1v) is 11.2. The average molecular weight is 375 g/mol. The fraction of sp³-hybridized carbons (Fsp3) is 0.519. The number of rotatable bonds is 8. The van der Waals surface area contributed by atoms with Crippen molar-refractivity contribution in [3.05, 3.63) is 70.8 Å². The number of hydrogen-bond donors (Lipinski definition) is 0. The third kappa shape index (κ3) is 4.40. The van der Waals surface area contributed by atoms with Crippen molar-refractivity contribution in [3.63, 3.8) is 0 Å². The van der Waals surface area contributed by atoms with Gasteiger partial charge in [0.15, 0.2) is 0 Å². The summed E-state index contributed by atoms with van der Waals surface area (Å²) < 4.78 is 0. The van der Waals surface area contributed by atoms with Gasteiger partial charge in [-0.2, -0.15) is 0 Å². The van der Waals surface area contributed by atoms with E-state index in [0.717, 1.165) is 12.8 Å². The minimum atomic E-state index is 0.418. The summed E-state index contributed by atoms with van der Waals surface area (Å²) in [7, 11) is 0. The maximum absolute atomic E-state index is 13.2. The summed E-state index contributed by atoms with van der Waals surface area (Å²) >= 11 is 0. The molecule has 2 atom stereocenters. The van der Waals surface area contributed by atoms with E-state index in [1.807, 2.05) is 0 Å². The van der Waals surface area contributed by atoms with E-state index < -0.39 is 0 Å². The number of benzene rings is 2. The average Bonchev–Trinajstić information content (AvgIpc) is 2.59. The van der Waals surface area contributed by atoms with Gasteiger partial charge in [-0.3, -0.25) is 4.79 Å². The summed E-state index contributed by atoms with van der Waals surface area (Å²) in [6, 6.07) is 17.8. The quantitative estimate of drug-likeness (QED) is 0.481. The summed E-state index contributed by atoms with van der Waals surface area (Å²) in [6.45, 7) is 4.27. The predicted octanol–water partition coefficient (Wildman–Crippen LogP) is 7.12. The van der Waals surface area contributed by atoms with Gasteiger partial charge in [-0.25, -0.2) is 0 Å². The molecule has 0 heterocycles. The second-order valence-corrected chi connectivity index (χ2v) is 9.36. The number of Topliss-reactive ketones (excluding diaryl/α,β-unsaturated/α-hetero) is 1.